The van der Waals surface area contributed by atoms with Crippen LogP contribution in [-0.2, 0) is 6.54 Å². The van der Waals surface area contributed by atoms with Crippen LogP contribution in [0, 0.1) is 0 Å². The highest BCUT2D eigenvalue weighted by atomic mass is 16.5. The summed E-state index contributed by atoms with van der Waals surface area (Å²) < 4.78 is 5.47. The summed E-state index contributed by atoms with van der Waals surface area (Å²) in [6.45, 7) is 2.75. The molecule has 4 heteroatoms. The maximum absolute atomic E-state index is 13.2. The summed E-state index contributed by atoms with van der Waals surface area (Å²) in [5.74, 6) is 1.53. The molecule has 0 radical (unpaired) electrons. The van der Waals surface area contributed by atoms with E-state index in [9.17, 15) is 4.79 Å². The van der Waals surface area contributed by atoms with Gasteiger partial charge in [-0.25, -0.2) is 0 Å². The number of methoxy groups -OCH3 is 1. The van der Waals surface area contributed by atoms with Crippen molar-refractivity contribution in [2.75, 3.05) is 20.2 Å². The van der Waals surface area contributed by atoms with E-state index in [0.717, 1.165) is 42.8 Å². The monoisotopic (exact) mass is 364 g/mol. The van der Waals surface area contributed by atoms with Crippen molar-refractivity contribution in [3.63, 3.8) is 0 Å². The number of ether oxygens (including phenoxy) is 1. The number of amides is 1. The van der Waals surface area contributed by atoms with E-state index in [1.807, 2.05) is 41.3 Å². The molecule has 142 valence electrons. The van der Waals surface area contributed by atoms with Crippen molar-refractivity contribution in [2.24, 2.45) is 0 Å². The van der Waals surface area contributed by atoms with E-state index in [-0.39, 0.29) is 5.91 Å². The van der Waals surface area contributed by atoms with Crippen LogP contribution in [0.5, 0.6) is 5.75 Å². The van der Waals surface area contributed by atoms with Crippen LogP contribution in [0.3, 0.4) is 0 Å². The standard InChI is InChI=1S/C23H28N2O2/c1-27-22-7-3-2-5-20(22)16-25(21-12-13-21)23(26)18-10-8-17(9-11-18)19-6-4-14-24-15-19/h2-3,5,7-11,19,21,24H,4,6,12-16H2,1H3. The van der Waals surface area contributed by atoms with Crippen LogP contribution in [-0.4, -0.2) is 37.0 Å². The second-order valence-electron chi connectivity index (χ2n) is 7.64. The predicted octanol–water partition coefficient (Wildman–Crippen LogP) is 3.97. The fourth-order valence-corrected chi connectivity index (χ4v) is 3.97. The van der Waals surface area contributed by atoms with Gasteiger partial charge in [-0.2, -0.15) is 0 Å². The molecule has 1 saturated heterocycles. The number of nitrogens with zero attached hydrogens (tertiary/aromatic N) is 1. The molecular formula is C23H28N2O2. The van der Waals surface area contributed by atoms with E-state index in [0.29, 0.717) is 18.5 Å². The van der Waals surface area contributed by atoms with Crippen LogP contribution < -0.4 is 10.1 Å². The fraction of sp³-hybridized carbons (Fsp3) is 0.435. The van der Waals surface area contributed by atoms with Crippen LogP contribution in [0.4, 0.5) is 0 Å². The first-order chi connectivity index (χ1) is 13.3. The molecule has 1 aliphatic carbocycles. The first kappa shape index (κ1) is 18.1. The average molecular weight is 364 g/mol. The highest BCUT2D eigenvalue weighted by Crippen LogP contribution is 2.32. The third kappa shape index (κ3) is 4.16. The summed E-state index contributed by atoms with van der Waals surface area (Å²) in [5, 5.41) is 3.46. The molecule has 1 N–H and O–H groups in total. The zero-order chi connectivity index (χ0) is 18.6. The van der Waals surface area contributed by atoms with Gasteiger partial charge in [0.25, 0.3) is 5.91 Å². The van der Waals surface area contributed by atoms with E-state index in [4.69, 9.17) is 4.74 Å². The SMILES string of the molecule is COc1ccccc1CN(C(=O)c1ccc(C2CCCNC2)cc1)C1CC1. The maximum atomic E-state index is 13.2. The van der Waals surface area contributed by atoms with Crippen LogP contribution >= 0.6 is 0 Å². The van der Waals surface area contributed by atoms with Gasteiger partial charge in [-0.15, -0.1) is 0 Å². The Labute approximate surface area is 161 Å². The molecule has 4 rings (SSSR count). The summed E-state index contributed by atoms with van der Waals surface area (Å²) in [5.41, 5.74) is 3.18. The lowest BCUT2D eigenvalue weighted by Gasteiger charge is -2.25. The molecule has 27 heavy (non-hydrogen) atoms. The summed E-state index contributed by atoms with van der Waals surface area (Å²) in [6, 6.07) is 16.6. The maximum Gasteiger partial charge on any atom is 0.254 e. The van der Waals surface area contributed by atoms with E-state index >= 15 is 0 Å². The van der Waals surface area contributed by atoms with E-state index in [1.54, 1.807) is 7.11 Å². The smallest absolute Gasteiger partial charge is 0.254 e. The second kappa shape index (κ2) is 8.13. The predicted molar refractivity (Wildman–Crippen MR) is 107 cm³/mol. The van der Waals surface area contributed by atoms with Gasteiger partial charge in [0, 0.05) is 30.3 Å². The van der Waals surface area contributed by atoms with Crippen molar-refractivity contribution in [1.29, 1.82) is 0 Å². The van der Waals surface area contributed by atoms with Gasteiger partial charge in [0.2, 0.25) is 0 Å². The van der Waals surface area contributed by atoms with Gasteiger partial charge >= 0.3 is 0 Å². The molecule has 1 unspecified atom stereocenters. The Morgan fingerprint density at radius 1 is 1.11 bits per heavy atom. The zero-order valence-electron chi connectivity index (χ0n) is 16.0. The average Bonchev–Trinajstić information content (AvgIpc) is 3.58. The Kier molecular flexibility index (Phi) is 5.44. The number of hydrogen-bond donors (Lipinski definition) is 1. The molecule has 2 aromatic rings. The molecule has 1 aliphatic heterocycles. The second-order valence-corrected chi connectivity index (χ2v) is 7.64. The first-order valence-corrected chi connectivity index (χ1v) is 10.00. The van der Waals surface area contributed by atoms with E-state index in [1.165, 1.54) is 18.4 Å². The zero-order valence-corrected chi connectivity index (χ0v) is 16.0. The fourth-order valence-electron chi connectivity index (χ4n) is 3.97. The number of carbonyl (C=O) groups is 1. The highest BCUT2D eigenvalue weighted by molar-refractivity contribution is 5.94. The minimum atomic E-state index is 0.122. The van der Waals surface area contributed by atoms with Crippen LogP contribution in [0.2, 0.25) is 0 Å². The highest BCUT2D eigenvalue weighted by Gasteiger charge is 2.33. The lowest BCUT2D eigenvalue weighted by atomic mass is 9.91. The molecule has 2 fully saturated rings. The lowest BCUT2D eigenvalue weighted by molar-refractivity contribution is 0.0728. The van der Waals surface area contributed by atoms with Gasteiger partial charge in [-0.05, 0) is 61.9 Å². The molecular weight excluding hydrogens is 336 g/mol. The third-order valence-electron chi connectivity index (χ3n) is 5.71. The molecule has 1 heterocycles. The van der Waals surface area contributed by atoms with Crippen molar-refractivity contribution in [3.8, 4) is 5.75 Å². The molecule has 1 amide bonds. The molecule has 0 aromatic heterocycles. The van der Waals surface area contributed by atoms with Gasteiger partial charge in [0.1, 0.15) is 5.75 Å². The van der Waals surface area contributed by atoms with Crippen molar-refractivity contribution in [3.05, 3.63) is 65.2 Å². The van der Waals surface area contributed by atoms with E-state index < -0.39 is 0 Å². The molecule has 0 spiro atoms. The Balaban J connectivity index is 1.50. The number of hydrogen-bond acceptors (Lipinski definition) is 3. The third-order valence-corrected chi connectivity index (χ3v) is 5.71. The van der Waals surface area contributed by atoms with Crippen molar-refractivity contribution >= 4 is 5.91 Å². The minimum absolute atomic E-state index is 0.122. The Morgan fingerprint density at radius 3 is 2.56 bits per heavy atom. The number of nitrogens with one attached hydrogen (secondary N) is 1. The Hall–Kier alpha value is -2.33. The van der Waals surface area contributed by atoms with Gasteiger partial charge in [-0.1, -0.05) is 30.3 Å². The van der Waals surface area contributed by atoms with Crippen molar-refractivity contribution in [2.45, 2.75) is 44.2 Å². The lowest BCUT2D eigenvalue weighted by Crippen LogP contribution is -2.32. The normalized spacial score (nSPS) is 19.5. The molecule has 2 aromatic carbocycles. The van der Waals surface area contributed by atoms with Gasteiger partial charge in [-0.3, -0.25) is 4.79 Å². The molecule has 4 nitrogen and oxygen atoms in total. The number of carbonyl (C=O) groups excluding carboxylic acids is 1. The Morgan fingerprint density at radius 2 is 1.89 bits per heavy atom. The molecule has 2 aliphatic rings. The van der Waals surface area contributed by atoms with Crippen molar-refractivity contribution < 1.29 is 9.53 Å². The molecule has 1 atom stereocenters. The van der Waals surface area contributed by atoms with Crippen LogP contribution in [0.15, 0.2) is 48.5 Å². The summed E-state index contributed by atoms with van der Waals surface area (Å²) in [6.07, 6.45) is 4.63. The summed E-state index contributed by atoms with van der Waals surface area (Å²) in [7, 11) is 1.68. The molecule has 1 saturated carbocycles. The summed E-state index contributed by atoms with van der Waals surface area (Å²) >= 11 is 0. The Bertz CT molecular complexity index is 777. The van der Waals surface area contributed by atoms with Gasteiger partial charge in [0.15, 0.2) is 0 Å². The quantitative estimate of drug-likeness (QED) is 0.843. The van der Waals surface area contributed by atoms with Crippen LogP contribution in [0.1, 0.15) is 53.1 Å². The first-order valence-electron chi connectivity index (χ1n) is 10.00. The largest absolute Gasteiger partial charge is 0.496 e. The number of benzene rings is 2. The topological polar surface area (TPSA) is 41.6 Å². The van der Waals surface area contributed by atoms with E-state index in [2.05, 4.69) is 17.4 Å². The van der Waals surface area contributed by atoms with Gasteiger partial charge < -0.3 is 15.0 Å². The van der Waals surface area contributed by atoms with Gasteiger partial charge in [0.05, 0.1) is 7.11 Å². The molecule has 0 bridgehead atoms. The van der Waals surface area contributed by atoms with Crippen molar-refractivity contribution in [1.82, 2.24) is 10.2 Å². The van der Waals surface area contributed by atoms with Crippen LogP contribution in [0.25, 0.3) is 0 Å². The number of piperidine rings is 1. The number of para-hydroxylation sites is 1. The minimum Gasteiger partial charge on any atom is -0.496 e. The number of rotatable bonds is 6. The summed E-state index contributed by atoms with van der Waals surface area (Å²) in [4.78, 5) is 15.2.